The van der Waals surface area contributed by atoms with Gasteiger partial charge in [-0.3, -0.25) is 0 Å². The highest BCUT2D eigenvalue weighted by molar-refractivity contribution is 9.10. The van der Waals surface area contributed by atoms with E-state index in [0.29, 0.717) is 0 Å². The van der Waals surface area contributed by atoms with Crippen molar-refractivity contribution in [2.45, 2.75) is 33.7 Å². The molecule has 0 radical (unpaired) electrons. The number of hydrogen-bond donors (Lipinski definition) is 1. The van der Waals surface area contributed by atoms with Crippen molar-refractivity contribution >= 4 is 15.9 Å². The van der Waals surface area contributed by atoms with E-state index in [-0.39, 0.29) is 6.04 Å². The Morgan fingerprint density at radius 3 is 2.35 bits per heavy atom. The quantitative estimate of drug-likeness (QED) is 0.839. The summed E-state index contributed by atoms with van der Waals surface area (Å²) in [6.45, 7) is 8.20. The standard InChI is InChI=1S/C17H20BrNO/c1-10-5-6-11(2)17(12(10)3)20-16-8-7-14(18)9-15(16)13(4)19/h5-9,13H,19H2,1-4H3. The summed E-state index contributed by atoms with van der Waals surface area (Å²) < 4.78 is 7.18. The van der Waals surface area contributed by atoms with Gasteiger partial charge < -0.3 is 10.5 Å². The third kappa shape index (κ3) is 3.05. The first-order valence-electron chi connectivity index (χ1n) is 6.70. The van der Waals surface area contributed by atoms with E-state index in [1.54, 1.807) is 0 Å². The van der Waals surface area contributed by atoms with E-state index in [9.17, 15) is 0 Å². The van der Waals surface area contributed by atoms with Gasteiger partial charge in [0.2, 0.25) is 0 Å². The van der Waals surface area contributed by atoms with Crippen LogP contribution in [0.5, 0.6) is 11.5 Å². The average Bonchev–Trinajstić information content (AvgIpc) is 2.40. The SMILES string of the molecule is Cc1ccc(C)c(Oc2ccc(Br)cc2C(C)N)c1C. The zero-order valence-electron chi connectivity index (χ0n) is 12.3. The van der Waals surface area contributed by atoms with Crippen molar-refractivity contribution in [2.24, 2.45) is 5.73 Å². The van der Waals surface area contributed by atoms with Crippen LogP contribution >= 0.6 is 15.9 Å². The topological polar surface area (TPSA) is 35.2 Å². The highest BCUT2D eigenvalue weighted by Crippen LogP contribution is 2.35. The van der Waals surface area contributed by atoms with Crippen LogP contribution in [-0.4, -0.2) is 0 Å². The summed E-state index contributed by atoms with van der Waals surface area (Å²) in [5.74, 6) is 1.74. The molecule has 0 bridgehead atoms. The molecule has 0 heterocycles. The van der Waals surface area contributed by atoms with Crippen LogP contribution in [0.25, 0.3) is 0 Å². The van der Waals surface area contributed by atoms with Gasteiger partial charge in [-0.1, -0.05) is 28.1 Å². The van der Waals surface area contributed by atoms with Gasteiger partial charge in [0.15, 0.2) is 0 Å². The highest BCUT2D eigenvalue weighted by atomic mass is 79.9. The minimum absolute atomic E-state index is 0.0760. The first-order chi connectivity index (χ1) is 9.40. The fraction of sp³-hybridized carbons (Fsp3) is 0.294. The highest BCUT2D eigenvalue weighted by Gasteiger charge is 2.13. The van der Waals surface area contributed by atoms with Crippen molar-refractivity contribution in [3.05, 3.63) is 57.1 Å². The molecular weight excluding hydrogens is 314 g/mol. The molecule has 2 aromatic rings. The number of hydrogen-bond acceptors (Lipinski definition) is 2. The molecule has 0 saturated heterocycles. The fourth-order valence-corrected chi connectivity index (χ4v) is 2.54. The van der Waals surface area contributed by atoms with Crippen LogP contribution in [-0.2, 0) is 0 Å². The second-order valence-corrected chi connectivity index (χ2v) is 6.14. The maximum absolute atomic E-state index is 6.17. The van der Waals surface area contributed by atoms with E-state index >= 15 is 0 Å². The third-order valence-corrected chi connectivity index (χ3v) is 4.04. The molecule has 0 amide bonds. The molecule has 0 saturated carbocycles. The van der Waals surface area contributed by atoms with Crippen molar-refractivity contribution in [3.63, 3.8) is 0 Å². The van der Waals surface area contributed by atoms with Crippen molar-refractivity contribution in [3.8, 4) is 11.5 Å². The number of halogens is 1. The molecule has 2 N–H and O–H groups in total. The molecular formula is C17H20BrNO. The number of benzene rings is 2. The molecule has 2 nitrogen and oxygen atoms in total. The molecule has 1 atom stereocenters. The summed E-state index contributed by atoms with van der Waals surface area (Å²) in [6.07, 6.45) is 0. The molecule has 3 heteroatoms. The lowest BCUT2D eigenvalue weighted by Gasteiger charge is -2.18. The monoisotopic (exact) mass is 333 g/mol. The van der Waals surface area contributed by atoms with Gasteiger partial charge in [-0.2, -0.15) is 0 Å². The first-order valence-corrected chi connectivity index (χ1v) is 7.49. The summed E-state index contributed by atoms with van der Waals surface area (Å²) in [5, 5.41) is 0. The Hall–Kier alpha value is -1.32. The fourth-order valence-electron chi connectivity index (χ4n) is 2.16. The van der Waals surface area contributed by atoms with Gasteiger partial charge in [0, 0.05) is 16.1 Å². The van der Waals surface area contributed by atoms with Gasteiger partial charge >= 0.3 is 0 Å². The third-order valence-electron chi connectivity index (χ3n) is 3.55. The van der Waals surface area contributed by atoms with Gasteiger partial charge in [0.25, 0.3) is 0 Å². The number of nitrogens with two attached hydrogens (primary N) is 1. The lowest BCUT2D eigenvalue weighted by molar-refractivity contribution is 0.464. The van der Waals surface area contributed by atoms with Crippen LogP contribution in [0.3, 0.4) is 0 Å². The second kappa shape index (κ2) is 5.98. The van der Waals surface area contributed by atoms with E-state index in [1.807, 2.05) is 25.1 Å². The molecule has 106 valence electrons. The Morgan fingerprint density at radius 1 is 1.05 bits per heavy atom. The smallest absolute Gasteiger partial charge is 0.133 e. The normalized spacial score (nSPS) is 12.3. The molecule has 0 aliphatic rings. The Balaban J connectivity index is 2.48. The summed E-state index contributed by atoms with van der Waals surface area (Å²) in [6, 6.07) is 10.1. The van der Waals surface area contributed by atoms with Crippen molar-refractivity contribution in [2.75, 3.05) is 0 Å². The summed E-state index contributed by atoms with van der Waals surface area (Å²) >= 11 is 3.48. The van der Waals surface area contributed by atoms with Gasteiger partial charge in [0.1, 0.15) is 11.5 Å². The lowest BCUT2D eigenvalue weighted by atomic mass is 10.0. The maximum atomic E-state index is 6.17. The molecule has 0 spiro atoms. The molecule has 0 aliphatic heterocycles. The minimum Gasteiger partial charge on any atom is -0.456 e. The van der Waals surface area contributed by atoms with E-state index in [2.05, 4.69) is 48.8 Å². The first kappa shape index (κ1) is 15.1. The maximum Gasteiger partial charge on any atom is 0.133 e. The van der Waals surface area contributed by atoms with Crippen molar-refractivity contribution < 1.29 is 4.74 Å². The molecule has 0 aliphatic carbocycles. The minimum atomic E-state index is -0.0760. The van der Waals surface area contributed by atoms with E-state index in [1.165, 1.54) is 11.1 Å². The summed E-state index contributed by atoms with van der Waals surface area (Å²) in [7, 11) is 0. The van der Waals surface area contributed by atoms with E-state index < -0.39 is 0 Å². The predicted molar refractivity (Wildman–Crippen MR) is 87.5 cm³/mol. The van der Waals surface area contributed by atoms with Crippen LogP contribution in [0.2, 0.25) is 0 Å². The van der Waals surface area contributed by atoms with E-state index in [0.717, 1.165) is 27.1 Å². The van der Waals surface area contributed by atoms with Crippen LogP contribution < -0.4 is 10.5 Å². The molecule has 2 rings (SSSR count). The molecule has 0 fully saturated rings. The largest absolute Gasteiger partial charge is 0.456 e. The second-order valence-electron chi connectivity index (χ2n) is 5.23. The zero-order valence-corrected chi connectivity index (χ0v) is 13.9. The van der Waals surface area contributed by atoms with Crippen LogP contribution in [0.4, 0.5) is 0 Å². The van der Waals surface area contributed by atoms with Gasteiger partial charge in [-0.05, 0) is 62.6 Å². The van der Waals surface area contributed by atoms with Gasteiger partial charge in [-0.15, -0.1) is 0 Å². The average molecular weight is 334 g/mol. The Kier molecular flexibility index (Phi) is 4.51. The summed E-state index contributed by atoms with van der Waals surface area (Å²) in [5.41, 5.74) is 10.6. The Labute approximate surface area is 129 Å². The number of ether oxygens (including phenoxy) is 1. The van der Waals surface area contributed by atoms with Gasteiger partial charge in [0.05, 0.1) is 0 Å². The van der Waals surface area contributed by atoms with Crippen LogP contribution in [0, 0.1) is 20.8 Å². The predicted octanol–water partition coefficient (Wildman–Crippen LogP) is 5.19. The molecule has 20 heavy (non-hydrogen) atoms. The van der Waals surface area contributed by atoms with Crippen molar-refractivity contribution in [1.82, 2.24) is 0 Å². The molecule has 1 unspecified atom stereocenters. The zero-order chi connectivity index (χ0) is 14.9. The Morgan fingerprint density at radius 2 is 1.70 bits per heavy atom. The van der Waals surface area contributed by atoms with Crippen LogP contribution in [0.1, 0.15) is 35.2 Å². The molecule has 0 aromatic heterocycles. The molecule has 2 aromatic carbocycles. The Bertz CT molecular complexity index is 635. The lowest BCUT2D eigenvalue weighted by Crippen LogP contribution is -2.07. The van der Waals surface area contributed by atoms with Crippen molar-refractivity contribution in [1.29, 1.82) is 0 Å². The number of rotatable bonds is 3. The number of aryl methyl sites for hydroxylation is 2. The summed E-state index contributed by atoms with van der Waals surface area (Å²) in [4.78, 5) is 0. The van der Waals surface area contributed by atoms with Gasteiger partial charge in [-0.25, -0.2) is 0 Å². The van der Waals surface area contributed by atoms with E-state index in [4.69, 9.17) is 10.5 Å². The van der Waals surface area contributed by atoms with Crippen LogP contribution in [0.15, 0.2) is 34.8 Å².